The summed E-state index contributed by atoms with van der Waals surface area (Å²) in [6.07, 6.45) is 0.401. The Balaban J connectivity index is 2.28. The van der Waals surface area contributed by atoms with Crippen LogP contribution in [0.2, 0.25) is 5.02 Å². The Morgan fingerprint density at radius 1 is 1.28 bits per heavy atom. The van der Waals surface area contributed by atoms with Crippen LogP contribution < -0.4 is 5.56 Å². The van der Waals surface area contributed by atoms with Gasteiger partial charge in [0.2, 0.25) is 0 Å². The number of halogens is 1. The van der Waals surface area contributed by atoms with Gasteiger partial charge in [0.1, 0.15) is 16.2 Å². The lowest BCUT2D eigenvalue weighted by Gasteiger charge is -2.27. The van der Waals surface area contributed by atoms with Crippen molar-refractivity contribution in [1.82, 2.24) is 9.55 Å². The van der Waals surface area contributed by atoms with Crippen molar-refractivity contribution in [2.45, 2.75) is 32.7 Å². The van der Waals surface area contributed by atoms with Crippen LogP contribution in [0.1, 0.15) is 26.6 Å². The average Bonchev–Trinajstić information content (AvgIpc) is 3.11. The molecule has 0 unspecified atom stereocenters. The van der Waals surface area contributed by atoms with Gasteiger partial charge in [-0.25, -0.2) is 9.78 Å². The molecule has 0 radical (unpaired) electrons. The first-order chi connectivity index (χ1) is 13.8. The summed E-state index contributed by atoms with van der Waals surface area (Å²) in [5.41, 5.74) is 0.150. The summed E-state index contributed by atoms with van der Waals surface area (Å²) in [5, 5.41) is 3.01. The molecule has 8 heteroatoms. The van der Waals surface area contributed by atoms with E-state index in [1.165, 1.54) is 15.9 Å². The van der Waals surface area contributed by atoms with Crippen molar-refractivity contribution in [2.24, 2.45) is 0 Å². The molecule has 154 valence electrons. The highest BCUT2D eigenvalue weighted by molar-refractivity contribution is 7.17. The molecule has 2 heterocycles. The fourth-order valence-corrected chi connectivity index (χ4v) is 4.29. The first-order valence-electron chi connectivity index (χ1n) is 9.27. The Morgan fingerprint density at radius 3 is 2.59 bits per heavy atom. The van der Waals surface area contributed by atoms with Crippen molar-refractivity contribution in [2.75, 3.05) is 20.3 Å². The highest BCUT2D eigenvalue weighted by Crippen LogP contribution is 2.32. The van der Waals surface area contributed by atoms with Crippen LogP contribution in [0.15, 0.2) is 34.4 Å². The van der Waals surface area contributed by atoms with Crippen LogP contribution in [0.3, 0.4) is 0 Å². The smallest absolute Gasteiger partial charge is 0.331 e. The van der Waals surface area contributed by atoms with Crippen LogP contribution in [-0.2, 0) is 26.2 Å². The average molecular weight is 435 g/mol. The highest BCUT2D eigenvalue weighted by atomic mass is 35.5. The van der Waals surface area contributed by atoms with E-state index in [4.69, 9.17) is 26.1 Å². The number of esters is 1. The van der Waals surface area contributed by atoms with Crippen LogP contribution in [0.25, 0.3) is 21.3 Å². The Bertz CT molecular complexity index is 1090. The number of hydrogen-bond donors (Lipinski definition) is 0. The minimum absolute atomic E-state index is 0.231. The number of carbonyl (C=O) groups is 1. The van der Waals surface area contributed by atoms with E-state index in [1.54, 1.807) is 40.0 Å². The van der Waals surface area contributed by atoms with E-state index < -0.39 is 11.5 Å². The van der Waals surface area contributed by atoms with E-state index in [0.717, 1.165) is 11.1 Å². The Hall–Kier alpha value is -2.22. The monoisotopic (exact) mass is 434 g/mol. The zero-order chi connectivity index (χ0) is 21.2. The van der Waals surface area contributed by atoms with Gasteiger partial charge in [-0.15, -0.1) is 11.3 Å². The second-order valence-electron chi connectivity index (χ2n) is 7.03. The minimum Gasteiger partial charge on any atom is -0.464 e. The van der Waals surface area contributed by atoms with E-state index >= 15 is 0 Å². The molecular weight excluding hydrogens is 412 g/mol. The molecule has 6 nitrogen and oxygen atoms in total. The van der Waals surface area contributed by atoms with E-state index in [1.807, 2.05) is 17.5 Å². The maximum Gasteiger partial charge on any atom is 0.331 e. The molecule has 0 atom stereocenters. The third-order valence-corrected chi connectivity index (χ3v) is 5.82. The number of methoxy groups -OCH3 is 1. The zero-order valence-electron chi connectivity index (χ0n) is 16.8. The normalized spacial score (nSPS) is 11.8. The largest absolute Gasteiger partial charge is 0.464 e. The summed E-state index contributed by atoms with van der Waals surface area (Å²) in [6, 6.07) is 7.29. The number of hydrogen-bond acceptors (Lipinski definition) is 6. The SMILES string of the molecule is CCOC(=O)C(C)(C)n1c(CCOC)nc2scc(-c3ccc(Cl)cc3)c2c1=O. The lowest BCUT2D eigenvalue weighted by Crippen LogP contribution is -2.46. The van der Waals surface area contributed by atoms with E-state index in [2.05, 4.69) is 0 Å². The van der Waals surface area contributed by atoms with E-state index in [-0.39, 0.29) is 12.2 Å². The van der Waals surface area contributed by atoms with Crippen molar-refractivity contribution in [1.29, 1.82) is 0 Å². The first-order valence-corrected chi connectivity index (χ1v) is 10.5. The van der Waals surface area contributed by atoms with Gasteiger partial charge >= 0.3 is 5.97 Å². The van der Waals surface area contributed by atoms with Gasteiger partial charge in [-0.2, -0.15) is 0 Å². The van der Waals surface area contributed by atoms with E-state index in [0.29, 0.717) is 34.1 Å². The van der Waals surface area contributed by atoms with Gasteiger partial charge in [0, 0.05) is 29.5 Å². The Labute approximate surface area is 178 Å². The van der Waals surface area contributed by atoms with Gasteiger partial charge in [-0.3, -0.25) is 9.36 Å². The summed E-state index contributed by atoms with van der Waals surface area (Å²) in [6.45, 7) is 5.69. The molecule has 29 heavy (non-hydrogen) atoms. The number of ether oxygens (including phenoxy) is 2. The highest BCUT2D eigenvalue weighted by Gasteiger charge is 2.35. The summed E-state index contributed by atoms with van der Waals surface area (Å²) in [7, 11) is 1.58. The summed E-state index contributed by atoms with van der Waals surface area (Å²) >= 11 is 7.40. The predicted molar refractivity (Wildman–Crippen MR) is 116 cm³/mol. The number of thiophene rings is 1. The third kappa shape index (κ3) is 4.08. The van der Waals surface area contributed by atoms with Crippen molar-refractivity contribution < 1.29 is 14.3 Å². The fourth-order valence-electron chi connectivity index (χ4n) is 3.21. The molecule has 0 fully saturated rings. The van der Waals surface area contributed by atoms with Gasteiger partial charge in [0.25, 0.3) is 5.56 Å². The van der Waals surface area contributed by atoms with Crippen LogP contribution in [0.4, 0.5) is 0 Å². The molecule has 2 aromatic heterocycles. The molecule has 0 N–H and O–H groups in total. The van der Waals surface area contributed by atoms with Gasteiger partial charge in [-0.05, 0) is 38.5 Å². The van der Waals surface area contributed by atoms with Gasteiger partial charge in [-0.1, -0.05) is 23.7 Å². The second-order valence-corrected chi connectivity index (χ2v) is 8.32. The summed E-state index contributed by atoms with van der Waals surface area (Å²) in [5.74, 6) is 0.0112. The van der Waals surface area contributed by atoms with E-state index in [9.17, 15) is 9.59 Å². The standard InChI is InChI=1S/C21H23ClN2O4S/c1-5-28-20(26)21(2,3)24-16(10-11-27-4)23-18-17(19(24)25)15(12-29-18)13-6-8-14(22)9-7-13/h6-9,12H,5,10-11H2,1-4H3. The zero-order valence-corrected chi connectivity index (χ0v) is 18.4. The molecule has 1 aromatic carbocycles. The molecule has 0 bridgehead atoms. The van der Waals surface area contributed by atoms with Crippen LogP contribution in [-0.4, -0.2) is 35.8 Å². The molecule has 0 aliphatic rings. The topological polar surface area (TPSA) is 70.4 Å². The minimum atomic E-state index is -1.21. The molecular formula is C21H23ClN2O4S. The van der Waals surface area contributed by atoms with Crippen molar-refractivity contribution >= 4 is 39.1 Å². The first kappa shape index (κ1) is 21.5. The molecule has 0 aliphatic heterocycles. The molecule has 3 aromatic rings. The van der Waals surface area contributed by atoms with Gasteiger partial charge < -0.3 is 9.47 Å². The molecule has 0 saturated heterocycles. The fraction of sp³-hybridized carbons (Fsp3) is 0.381. The predicted octanol–water partition coefficient (Wildman–Crippen LogP) is 4.27. The maximum absolute atomic E-state index is 13.6. The molecule has 0 saturated carbocycles. The molecule has 3 rings (SSSR count). The maximum atomic E-state index is 13.6. The molecule has 0 spiro atoms. The lowest BCUT2D eigenvalue weighted by atomic mass is 10.0. The van der Waals surface area contributed by atoms with Gasteiger partial charge in [0.05, 0.1) is 18.6 Å². The van der Waals surface area contributed by atoms with Crippen molar-refractivity contribution in [3.05, 3.63) is 50.8 Å². The van der Waals surface area contributed by atoms with Crippen LogP contribution in [0, 0.1) is 0 Å². The lowest BCUT2D eigenvalue weighted by molar-refractivity contribution is -0.152. The Kier molecular flexibility index (Phi) is 6.41. The quantitative estimate of drug-likeness (QED) is 0.519. The molecule has 0 amide bonds. The third-order valence-electron chi connectivity index (χ3n) is 4.70. The number of rotatable bonds is 7. The van der Waals surface area contributed by atoms with Crippen LogP contribution in [0.5, 0.6) is 0 Å². The number of benzene rings is 1. The van der Waals surface area contributed by atoms with Crippen LogP contribution >= 0.6 is 22.9 Å². The molecule has 0 aliphatic carbocycles. The Morgan fingerprint density at radius 2 is 1.97 bits per heavy atom. The number of aromatic nitrogens is 2. The number of nitrogens with zero attached hydrogens (tertiary/aromatic N) is 2. The van der Waals surface area contributed by atoms with Crippen molar-refractivity contribution in [3.8, 4) is 11.1 Å². The summed E-state index contributed by atoms with van der Waals surface area (Å²) < 4.78 is 11.8. The summed E-state index contributed by atoms with van der Waals surface area (Å²) in [4.78, 5) is 31.6. The van der Waals surface area contributed by atoms with Gasteiger partial charge in [0.15, 0.2) is 0 Å². The second kappa shape index (κ2) is 8.65. The number of fused-ring (bicyclic) bond motifs is 1. The van der Waals surface area contributed by atoms with Crippen molar-refractivity contribution in [3.63, 3.8) is 0 Å². The number of carbonyl (C=O) groups excluding carboxylic acids is 1.